The lowest BCUT2D eigenvalue weighted by Gasteiger charge is -2.24. The number of nitrogens with one attached hydrogen (secondary N) is 3. The second-order valence-electron chi connectivity index (χ2n) is 8.35. The van der Waals surface area contributed by atoms with Gasteiger partial charge in [0.05, 0.1) is 10.9 Å². The summed E-state index contributed by atoms with van der Waals surface area (Å²) in [6.45, 7) is 6.10. The molecular weight excluding hydrogens is 358 g/mol. The van der Waals surface area contributed by atoms with Gasteiger partial charge in [0.25, 0.3) is 11.5 Å². The zero-order valence-electron chi connectivity index (χ0n) is 16.4. The van der Waals surface area contributed by atoms with Gasteiger partial charge in [-0.15, -0.1) is 0 Å². The van der Waals surface area contributed by atoms with Crippen molar-refractivity contribution < 1.29 is 4.79 Å². The first-order chi connectivity index (χ1) is 13.4. The van der Waals surface area contributed by atoms with E-state index >= 15 is 0 Å². The molecule has 4 rings (SSSR count). The third-order valence-corrected chi connectivity index (χ3v) is 5.39. The normalized spacial score (nSPS) is 19.9. The molecule has 0 radical (unpaired) electrons. The van der Waals surface area contributed by atoms with Gasteiger partial charge >= 0.3 is 5.69 Å². The smallest absolute Gasteiger partial charge is 0.330 e. The number of carbonyl (C=O) groups is 1. The highest BCUT2D eigenvalue weighted by atomic mass is 16.2. The third-order valence-electron chi connectivity index (χ3n) is 5.39. The molecule has 8 heteroatoms. The van der Waals surface area contributed by atoms with Crippen molar-refractivity contribution in [3.8, 4) is 0 Å². The highest BCUT2D eigenvalue weighted by molar-refractivity contribution is 6.05. The van der Waals surface area contributed by atoms with Crippen molar-refractivity contribution in [2.45, 2.75) is 58.0 Å². The van der Waals surface area contributed by atoms with E-state index in [4.69, 9.17) is 0 Å². The summed E-state index contributed by atoms with van der Waals surface area (Å²) < 4.78 is 1.49. The summed E-state index contributed by atoms with van der Waals surface area (Å²) in [6, 6.07) is 1.78. The molecule has 2 fully saturated rings. The van der Waals surface area contributed by atoms with E-state index in [9.17, 15) is 14.4 Å². The maximum atomic E-state index is 13.1. The van der Waals surface area contributed by atoms with Gasteiger partial charge in [-0.05, 0) is 44.2 Å². The summed E-state index contributed by atoms with van der Waals surface area (Å²) in [4.78, 5) is 45.2. The molecule has 150 valence electrons. The van der Waals surface area contributed by atoms with E-state index in [0.717, 1.165) is 44.5 Å². The second-order valence-corrected chi connectivity index (χ2v) is 8.35. The highest BCUT2D eigenvalue weighted by Gasteiger charge is 2.29. The van der Waals surface area contributed by atoms with E-state index in [2.05, 4.69) is 20.6 Å². The molecule has 28 heavy (non-hydrogen) atoms. The van der Waals surface area contributed by atoms with Crippen molar-refractivity contribution in [3.05, 3.63) is 38.2 Å². The monoisotopic (exact) mass is 385 g/mol. The fraction of sp³-hybridized carbons (Fsp3) is 0.600. The maximum absolute atomic E-state index is 13.1. The quantitative estimate of drug-likeness (QED) is 0.714. The predicted molar refractivity (Wildman–Crippen MR) is 107 cm³/mol. The van der Waals surface area contributed by atoms with Crippen LogP contribution in [0.15, 0.2) is 15.7 Å². The molecule has 1 aliphatic heterocycles. The summed E-state index contributed by atoms with van der Waals surface area (Å²) >= 11 is 0. The van der Waals surface area contributed by atoms with E-state index < -0.39 is 11.2 Å². The molecule has 1 unspecified atom stereocenters. The number of nitrogens with zero attached hydrogens (tertiary/aromatic N) is 2. The Kier molecular flexibility index (Phi) is 5.05. The van der Waals surface area contributed by atoms with Crippen LogP contribution >= 0.6 is 0 Å². The van der Waals surface area contributed by atoms with Gasteiger partial charge in [0, 0.05) is 30.7 Å². The Balaban J connectivity index is 1.85. The lowest BCUT2D eigenvalue weighted by molar-refractivity contribution is 0.0932. The number of rotatable bonds is 5. The van der Waals surface area contributed by atoms with Gasteiger partial charge in [-0.2, -0.15) is 0 Å². The first-order valence-electron chi connectivity index (χ1n) is 10.1. The van der Waals surface area contributed by atoms with Gasteiger partial charge < -0.3 is 10.6 Å². The summed E-state index contributed by atoms with van der Waals surface area (Å²) in [5, 5.41) is 6.52. The molecule has 3 N–H and O–H groups in total. The number of aromatic amines is 1. The number of hydrogen-bond donors (Lipinski definition) is 3. The van der Waals surface area contributed by atoms with Crippen LogP contribution in [0, 0.1) is 5.92 Å². The number of piperidine rings is 1. The van der Waals surface area contributed by atoms with Gasteiger partial charge in [0.15, 0.2) is 5.65 Å². The van der Waals surface area contributed by atoms with E-state index in [1.807, 2.05) is 13.8 Å². The van der Waals surface area contributed by atoms with Crippen LogP contribution in [0.4, 0.5) is 0 Å². The lowest BCUT2D eigenvalue weighted by Crippen LogP contribution is -2.46. The number of carbonyl (C=O) groups excluding carboxylic acids is 1. The Morgan fingerprint density at radius 2 is 2.11 bits per heavy atom. The van der Waals surface area contributed by atoms with Crippen molar-refractivity contribution in [1.29, 1.82) is 0 Å². The van der Waals surface area contributed by atoms with E-state index in [0.29, 0.717) is 23.7 Å². The Morgan fingerprint density at radius 3 is 2.75 bits per heavy atom. The summed E-state index contributed by atoms with van der Waals surface area (Å²) in [6.07, 6.45) is 3.95. The van der Waals surface area contributed by atoms with Crippen LogP contribution in [0.2, 0.25) is 0 Å². The van der Waals surface area contributed by atoms with Gasteiger partial charge in [0.2, 0.25) is 0 Å². The van der Waals surface area contributed by atoms with Crippen molar-refractivity contribution in [2.24, 2.45) is 5.92 Å². The number of amides is 1. The van der Waals surface area contributed by atoms with Crippen LogP contribution < -0.4 is 21.9 Å². The highest BCUT2D eigenvalue weighted by Crippen LogP contribution is 2.39. The fourth-order valence-electron chi connectivity index (χ4n) is 3.83. The fourth-order valence-corrected chi connectivity index (χ4v) is 3.83. The zero-order valence-corrected chi connectivity index (χ0v) is 16.4. The molecule has 2 aromatic rings. The molecule has 0 aromatic carbocycles. The zero-order chi connectivity index (χ0) is 19.8. The Bertz CT molecular complexity index is 1010. The molecule has 0 bridgehead atoms. The van der Waals surface area contributed by atoms with Crippen molar-refractivity contribution in [1.82, 2.24) is 25.2 Å². The van der Waals surface area contributed by atoms with Crippen LogP contribution in [0.1, 0.15) is 61.5 Å². The molecule has 1 amide bonds. The van der Waals surface area contributed by atoms with Crippen molar-refractivity contribution >= 4 is 16.9 Å². The third kappa shape index (κ3) is 3.73. The molecular formula is C20H27N5O3. The second kappa shape index (κ2) is 7.50. The number of hydrogen-bond acceptors (Lipinski definition) is 5. The van der Waals surface area contributed by atoms with Crippen LogP contribution in [0.5, 0.6) is 0 Å². The molecule has 1 atom stereocenters. The maximum Gasteiger partial charge on any atom is 0.330 e. The molecule has 1 aliphatic carbocycles. The predicted octanol–water partition coefficient (Wildman–Crippen LogP) is 1.10. The Morgan fingerprint density at radius 1 is 1.32 bits per heavy atom. The number of pyridine rings is 1. The molecule has 2 aliphatic rings. The average molecular weight is 385 g/mol. The van der Waals surface area contributed by atoms with Gasteiger partial charge in [-0.25, -0.2) is 9.78 Å². The van der Waals surface area contributed by atoms with E-state index in [1.54, 1.807) is 6.07 Å². The summed E-state index contributed by atoms with van der Waals surface area (Å²) in [5.74, 6) is 0.223. The first-order valence-corrected chi connectivity index (χ1v) is 10.1. The molecule has 8 nitrogen and oxygen atoms in total. The van der Waals surface area contributed by atoms with Gasteiger partial charge in [-0.3, -0.25) is 19.1 Å². The standard InChI is InChI=1S/C20H27N5O3/c1-11(2)10-25-17-16(19(27)24-20(25)28)14(8-15(23-17)12-5-6-12)18(26)22-13-4-3-7-21-9-13/h8,11-13,21H,3-7,9-10H2,1-2H3,(H,22,26)(H,24,27,28). The minimum atomic E-state index is -0.554. The largest absolute Gasteiger partial charge is 0.348 e. The summed E-state index contributed by atoms with van der Waals surface area (Å²) in [7, 11) is 0. The van der Waals surface area contributed by atoms with E-state index in [1.165, 1.54) is 4.57 Å². The van der Waals surface area contributed by atoms with E-state index in [-0.39, 0.29) is 23.3 Å². The Hall–Kier alpha value is -2.48. The molecule has 2 aromatic heterocycles. The molecule has 1 saturated heterocycles. The van der Waals surface area contributed by atoms with Crippen LogP contribution in [-0.2, 0) is 6.54 Å². The first kappa shape index (κ1) is 18.9. The number of fused-ring (bicyclic) bond motifs is 1. The number of aromatic nitrogens is 3. The van der Waals surface area contributed by atoms with Gasteiger partial charge in [-0.1, -0.05) is 13.8 Å². The molecule has 0 spiro atoms. The molecule has 1 saturated carbocycles. The minimum absolute atomic E-state index is 0.0366. The average Bonchev–Trinajstić information content (AvgIpc) is 3.50. The molecule has 3 heterocycles. The van der Waals surface area contributed by atoms with Crippen molar-refractivity contribution in [2.75, 3.05) is 13.1 Å². The van der Waals surface area contributed by atoms with Crippen LogP contribution in [0.3, 0.4) is 0 Å². The van der Waals surface area contributed by atoms with Crippen LogP contribution in [0.25, 0.3) is 11.0 Å². The lowest BCUT2D eigenvalue weighted by atomic mass is 10.0. The number of H-pyrrole nitrogens is 1. The topological polar surface area (TPSA) is 109 Å². The van der Waals surface area contributed by atoms with Gasteiger partial charge in [0.1, 0.15) is 0 Å². The van der Waals surface area contributed by atoms with Crippen LogP contribution in [-0.4, -0.2) is 39.6 Å². The summed E-state index contributed by atoms with van der Waals surface area (Å²) in [5.41, 5.74) is 0.396. The Labute approximate surface area is 162 Å². The van der Waals surface area contributed by atoms with Crippen molar-refractivity contribution in [3.63, 3.8) is 0 Å². The minimum Gasteiger partial charge on any atom is -0.348 e. The SMILES string of the molecule is CC(C)Cn1c(=O)[nH]c(=O)c2c(C(=O)NC3CCCNC3)cc(C3CC3)nc21.